The van der Waals surface area contributed by atoms with Gasteiger partial charge >= 0.3 is 6.61 Å². The van der Waals surface area contributed by atoms with Crippen LogP contribution in [0.15, 0.2) is 34.1 Å². The van der Waals surface area contributed by atoms with Gasteiger partial charge in [0.1, 0.15) is 5.75 Å². The summed E-state index contributed by atoms with van der Waals surface area (Å²) < 4.78 is 29.5. The number of ether oxygens (including phenoxy) is 1. The maximum atomic E-state index is 12.1. The van der Waals surface area contributed by atoms with E-state index >= 15 is 0 Å². The number of benzene rings is 1. The summed E-state index contributed by atoms with van der Waals surface area (Å²) in [5.41, 5.74) is 2.18. The van der Waals surface area contributed by atoms with Crippen LogP contribution in [-0.2, 0) is 0 Å². The highest BCUT2D eigenvalue weighted by Gasteiger charge is 2.14. The maximum Gasteiger partial charge on any atom is 0.387 e. The van der Waals surface area contributed by atoms with Crippen molar-refractivity contribution >= 4 is 43.2 Å². The molecular weight excluding hydrogens is 402 g/mol. The Balaban J connectivity index is 2.17. The number of rotatable bonds is 4. The molecule has 0 amide bonds. The van der Waals surface area contributed by atoms with Gasteiger partial charge in [0.2, 0.25) is 0 Å². The van der Waals surface area contributed by atoms with Crippen molar-refractivity contribution in [2.24, 2.45) is 0 Å². The van der Waals surface area contributed by atoms with Crippen molar-refractivity contribution in [2.45, 2.75) is 18.4 Å². The third-order valence-electron chi connectivity index (χ3n) is 2.52. The topological polar surface area (TPSA) is 9.23 Å². The van der Waals surface area contributed by atoms with Crippen molar-refractivity contribution in [3.8, 4) is 5.75 Å². The molecule has 1 atom stereocenters. The maximum absolute atomic E-state index is 12.1. The van der Waals surface area contributed by atoms with E-state index in [9.17, 15) is 8.78 Å². The summed E-state index contributed by atoms with van der Waals surface area (Å²) in [4.78, 5) is 1.20. The van der Waals surface area contributed by atoms with E-state index in [1.807, 2.05) is 6.92 Å². The first-order chi connectivity index (χ1) is 8.97. The third kappa shape index (κ3) is 3.77. The van der Waals surface area contributed by atoms with Crippen molar-refractivity contribution in [1.29, 1.82) is 0 Å². The van der Waals surface area contributed by atoms with E-state index in [-0.39, 0.29) is 10.6 Å². The third-order valence-corrected chi connectivity index (χ3v) is 6.05. The summed E-state index contributed by atoms with van der Waals surface area (Å²) in [6.07, 6.45) is 0. The van der Waals surface area contributed by atoms with Crippen molar-refractivity contribution in [2.75, 3.05) is 0 Å². The molecule has 0 saturated heterocycles. The number of aryl methyl sites for hydroxylation is 1. The Morgan fingerprint density at radius 2 is 1.84 bits per heavy atom. The first kappa shape index (κ1) is 14.9. The molecule has 0 saturated carbocycles. The van der Waals surface area contributed by atoms with E-state index in [1.54, 1.807) is 35.6 Å². The van der Waals surface area contributed by atoms with E-state index in [2.05, 4.69) is 42.7 Å². The van der Waals surface area contributed by atoms with E-state index < -0.39 is 6.61 Å². The van der Waals surface area contributed by atoms with Crippen LogP contribution in [-0.4, -0.2) is 6.61 Å². The Morgan fingerprint density at radius 3 is 2.32 bits per heavy atom. The molecule has 1 heterocycles. The summed E-state index contributed by atoms with van der Waals surface area (Å²) in [5, 5.41) is 0. The zero-order valence-corrected chi connectivity index (χ0v) is 13.9. The van der Waals surface area contributed by atoms with Crippen molar-refractivity contribution in [3.63, 3.8) is 0 Å². The SMILES string of the molecule is Cc1cc(C(Br)c2ccc(OC(F)F)cc2)sc1Br. The quantitative estimate of drug-likeness (QED) is 0.568. The fourth-order valence-electron chi connectivity index (χ4n) is 1.59. The molecule has 0 aliphatic heterocycles. The monoisotopic (exact) mass is 410 g/mol. The molecule has 0 bridgehead atoms. The van der Waals surface area contributed by atoms with Gasteiger partial charge < -0.3 is 4.74 Å². The second kappa shape index (κ2) is 6.33. The van der Waals surface area contributed by atoms with Crippen LogP contribution in [0.25, 0.3) is 0 Å². The molecule has 2 rings (SSSR count). The highest BCUT2D eigenvalue weighted by molar-refractivity contribution is 9.11. The van der Waals surface area contributed by atoms with Crippen LogP contribution in [0.5, 0.6) is 5.75 Å². The lowest BCUT2D eigenvalue weighted by molar-refractivity contribution is -0.0498. The summed E-state index contributed by atoms with van der Waals surface area (Å²) in [7, 11) is 0. The lowest BCUT2D eigenvalue weighted by Crippen LogP contribution is -2.01. The van der Waals surface area contributed by atoms with Gasteiger partial charge in [0.05, 0.1) is 8.61 Å². The molecule has 0 fully saturated rings. The summed E-state index contributed by atoms with van der Waals surface area (Å²) in [6, 6.07) is 8.74. The van der Waals surface area contributed by atoms with E-state index in [0.29, 0.717) is 0 Å². The normalized spacial score (nSPS) is 12.7. The standard InChI is InChI=1S/C13H10Br2F2OS/c1-7-6-10(19-12(7)15)11(14)8-2-4-9(5-3-8)18-13(16)17/h2-6,11,13H,1H3. The van der Waals surface area contributed by atoms with Crippen molar-refractivity contribution in [1.82, 2.24) is 0 Å². The Bertz CT molecular complexity index is 535. The number of halogens is 4. The molecule has 0 N–H and O–H groups in total. The second-order valence-corrected chi connectivity index (χ2v) is 7.23. The van der Waals surface area contributed by atoms with E-state index in [0.717, 1.165) is 14.2 Å². The fourth-order valence-corrected chi connectivity index (χ4v) is 3.89. The Kier molecular flexibility index (Phi) is 4.97. The molecule has 6 heteroatoms. The smallest absolute Gasteiger partial charge is 0.387 e. The molecule has 0 aliphatic rings. The first-order valence-corrected chi connectivity index (χ1v) is 7.94. The Labute approximate surface area is 130 Å². The number of hydrogen-bond donors (Lipinski definition) is 0. The fraction of sp³-hybridized carbons (Fsp3) is 0.231. The first-order valence-electron chi connectivity index (χ1n) is 5.42. The Morgan fingerprint density at radius 1 is 1.21 bits per heavy atom. The van der Waals surface area contributed by atoms with Gasteiger partial charge in [-0.3, -0.25) is 0 Å². The summed E-state index contributed by atoms with van der Waals surface area (Å²) in [6.45, 7) is -0.759. The van der Waals surface area contributed by atoms with Gasteiger partial charge in [0, 0.05) is 4.88 Å². The lowest BCUT2D eigenvalue weighted by Gasteiger charge is -2.09. The molecule has 2 aromatic rings. The molecule has 1 unspecified atom stereocenters. The molecule has 1 aromatic carbocycles. The van der Waals surface area contributed by atoms with Gasteiger partial charge in [-0.15, -0.1) is 11.3 Å². The molecule has 1 aromatic heterocycles. The molecule has 0 radical (unpaired) electrons. The van der Waals surface area contributed by atoms with E-state index in [1.165, 1.54) is 5.56 Å². The van der Waals surface area contributed by atoms with Gasteiger partial charge in [-0.2, -0.15) is 8.78 Å². The minimum Gasteiger partial charge on any atom is -0.435 e. The second-order valence-electron chi connectivity index (χ2n) is 3.92. The minimum absolute atomic E-state index is 0.0445. The van der Waals surface area contributed by atoms with Gasteiger partial charge in [-0.1, -0.05) is 28.1 Å². The molecule has 1 nitrogen and oxygen atoms in total. The molecule has 0 spiro atoms. The molecule has 0 aliphatic carbocycles. The minimum atomic E-state index is -2.79. The average Bonchev–Trinajstić information content (AvgIpc) is 2.69. The van der Waals surface area contributed by atoms with Crippen LogP contribution >= 0.6 is 43.2 Å². The highest BCUT2D eigenvalue weighted by Crippen LogP contribution is 2.39. The zero-order chi connectivity index (χ0) is 14.0. The molecular formula is C13H10Br2F2OS. The largest absolute Gasteiger partial charge is 0.435 e. The summed E-state index contributed by atoms with van der Waals surface area (Å²) in [5.74, 6) is 0.169. The van der Waals surface area contributed by atoms with Gasteiger partial charge in [-0.05, 0) is 52.2 Å². The van der Waals surface area contributed by atoms with Crippen LogP contribution in [0.3, 0.4) is 0 Å². The van der Waals surface area contributed by atoms with E-state index in [4.69, 9.17) is 0 Å². The van der Waals surface area contributed by atoms with Crippen LogP contribution in [0.2, 0.25) is 0 Å². The molecule has 102 valence electrons. The zero-order valence-electron chi connectivity index (χ0n) is 9.87. The number of alkyl halides is 3. The van der Waals surface area contributed by atoms with Gasteiger partial charge in [-0.25, -0.2) is 0 Å². The predicted octanol–water partition coefficient (Wildman–Crippen LogP) is 5.90. The van der Waals surface area contributed by atoms with Crippen LogP contribution < -0.4 is 4.74 Å². The highest BCUT2D eigenvalue weighted by atomic mass is 79.9. The average molecular weight is 412 g/mol. The van der Waals surface area contributed by atoms with Gasteiger partial charge in [0.15, 0.2) is 0 Å². The number of hydrogen-bond acceptors (Lipinski definition) is 2. The van der Waals surface area contributed by atoms with Crippen molar-refractivity contribution in [3.05, 3.63) is 50.1 Å². The lowest BCUT2D eigenvalue weighted by atomic mass is 10.1. The van der Waals surface area contributed by atoms with Gasteiger partial charge in [0.25, 0.3) is 0 Å². The number of thiophene rings is 1. The summed E-state index contributed by atoms with van der Waals surface area (Å²) >= 11 is 8.76. The predicted molar refractivity (Wildman–Crippen MR) is 80.6 cm³/mol. The van der Waals surface area contributed by atoms with Crippen LogP contribution in [0.4, 0.5) is 8.78 Å². The van der Waals surface area contributed by atoms with Crippen molar-refractivity contribution < 1.29 is 13.5 Å². The van der Waals surface area contributed by atoms with Crippen LogP contribution in [0, 0.1) is 6.92 Å². The Hall–Kier alpha value is -0.460. The molecule has 19 heavy (non-hydrogen) atoms. The van der Waals surface area contributed by atoms with Crippen LogP contribution in [0.1, 0.15) is 20.8 Å².